The number of rotatable bonds is 5. The van der Waals surface area contributed by atoms with E-state index in [0.717, 1.165) is 12.8 Å². The molecule has 0 bridgehead atoms. The number of hydrogen-bond acceptors (Lipinski definition) is 3. The van der Waals surface area contributed by atoms with Gasteiger partial charge in [0.15, 0.2) is 5.66 Å². The van der Waals surface area contributed by atoms with Crippen molar-refractivity contribution in [3.8, 4) is 6.07 Å². The van der Waals surface area contributed by atoms with E-state index in [1.54, 1.807) is 12.4 Å². The van der Waals surface area contributed by atoms with Gasteiger partial charge in [0.2, 0.25) is 0 Å². The van der Waals surface area contributed by atoms with Gasteiger partial charge in [-0.15, -0.1) is 0 Å². The minimum atomic E-state index is -0.343. The lowest BCUT2D eigenvalue weighted by molar-refractivity contribution is 0.186. The van der Waals surface area contributed by atoms with E-state index >= 15 is 0 Å². The van der Waals surface area contributed by atoms with Crippen molar-refractivity contribution >= 4 is 0 Å². The predicted molar refractivity (Wildman–Crippen MR) is 63.0 cm³/mol. The van der Waals surface area contributed by atoms with E-state index in [9.17, 15) is 0 Å². The zero-order chi connectivity index (χ0) is 12.1. The lowest BCUT2D eigenvalue weighted by atomic mass is 10.1. The Hall–Kier alpha value is -2.09. The van der Waals surface area contributed by atoms with Crippen LogP contribution in [0.5, 0.6) is 0 Å². The Bertz CT molecular complexity index is 443. The minimum absolute atomic E-state index is 0.343. The standard InChI is InChI=1S/C12H15N5/c1-12(6-2-3-7-13,16-10-4-8-14-16)17-11-5-9-15-17/h4-5,8-11H,2-3,6H2,1H3. The van der Waals surface area contributed by atoms with Crippen LogP contribution in [0.25, 0.3) is 0 Å². The molecule has 0 saturated heterocycles. The maximum absolute atomic E-state index is 8.63. The monoisotopic (exact) mass is 229 g/mol. The minimum Gasteiger partial charge on any atom is -0.245 e. The van der Waals surface area contributed by atoms with E-state index in [1.807, 2.05) is 33.9 Å². The molecule has 0 aliphatic heterocycles. The molecule has 17 heavy (non-hydrogen) atoms. The fourth-order valence-electron chi connectivity index (χ4n) is 1.94. The first-order chi connectivity index (χ1) is 8.27. The quantitative estimate of drug-likeness (QED) is 0.737. The highest BCUT2D eigenvalue weighted by molar-refractivity contribution is 4.92. The Kier molecular flexibility index (Phi) is 3.24. The molecule has 0 spiro atoms. The summed E-state index contributed by atoms with van der Waals surface area (Å²) in [5.74, 6) is 0. The zero-order valence-electron chi connectivity index (χ0n) is 9.82. The van der Waals surface area contributed by atoms with Crippen LogP contribution in [0.1, 0.15) is 26.2 Å². The molecule has 2 aromatic heterocycles. The van der Waals surface area contributed by atoms with Gasteiger partial charge < -0.3 is 0 Å². The first-order valence-electron chi connectivity index (χ1n) is 5.64. The third-order valence-electron chi connectivity index (χ3n) is 2.93. The van der Waals surface area contributed by atoms with Crippen LogP contribution < -0.4 is 0 Å². The molecular formula is C12H15N5. The summed E-state index contributed by atoms with van der Waals surface area (Å²) in [6.07, 6.45) is 9.56. The van der Waals surface area contributed by atoms with Crippen LogP contribution in [0.4, 0.5) is 0 Å². The number of nitriles is 1. The Morgan fingerprint density at radius 2 is 1.76 bits per heavy atom. The fourth-order valence-corrected chi connectivity index (χ4v) is 1.94. The molecule has 0 amide bonds. The van der Waals surface area contributed by atoms with E-state index in [1.165, 1.54) is 0 Å². The van der Waals surface area contributed by atoms with Crippen molar-refractivity contribution in [2.75, 3.05) is 0 Å². The van der Waals surface area contributed by atoms with Crippen LogP contribution in [0, 0.1) is 11.3 Å². The van der Waals surface area contributed by atoms with Crippen LogP contribution >= 0.6 is 0 Å². The van der Waals surface area contributed by atoms with Crippen LogP contribution in [0.2, 0.25) is 0 Å². The Labute approximate surface area is 100 Å². The maximum atomic E-state index is 8.63. The summed E-state index contributed by atoms with van der Waals surface area (Å²) < 4.78 is 3.77. The second kappa shape index (κ2) is 4.83. The topological polar surface area (TPSA) is 59.4 Å². The van der Waals surface area contributed by atoms with Crippen molar-refractivity contribution in [3.05, 3.63) is 36.9 Å². The molecule has 0 radical (unpaired) electrons. The van der Waals surface area contributed by atoms with Gasteiger partial charge in [-0.2, -0.15) is 15.5 Å². The largest absolute Gasteiger partial charge is 0.245 e. The van der Waals surface area contributed by atoms with Crippen molar-refractivity contribution in [1.29, 1.82) is 5.26 Å². The summed E-state index contributed by atoms with van der Waals surface area (Å²) >= 11 is 0. The third-order valence-corrected chi connectivity index (χ3v) is 2.93. The Balaban J connectivity index is 2.27. The second-order valence-electron chi connectivity index (χ2n) is 4.13. The first-order valence-corrected chi connectivity index (χ1v) is 5.64. The number of hydrogen-bond donors (Lipinski definition) is 0. The molecule has 2 rings (SSSR count). The molecule has 2 aromatic rings. The van der Waals surface area contributed by atoms with Gasteiger partial charge in [0.1, 0.15) is 0 Å². The Morgan fingerprint density at radius 1 is 1.18 bits per heavy atom. The smallest absolute Gasteiger partial charge is 0.151 e. The van der Waals surface area contributed by atoms with Crippen molar-refractivity contribution in [1.82, 2.24) is 19.6 Å². The highest BCUT2D eigenvalue weighted by atomic mass is 15.5. The van der Waals surface area contributed by atoms with Crippen LogP contribution in [-0.2, 0) is 5.66 Å². The summed E-state index contributed by atoms with van der Waals surface area (Å²) in [7, 11) is 0. The molecule has 0 unspecified atom stereocenters. The molecule has 88 valence electrons. The summed E-state index contributed by atoms with van der Waals surface area (Å²) in [6, 6.07) is 5.96. The molecular weight excluding hydrogens is 214 g/mol. The van der Waals surface area contributed by atoms with E-state index < -0.39 is 0 Å². The molecule has 5 heteroatoms. The van der Waals surface area contributed by atoms with E-state index in [0.29, 0.717) is 6.42 Å². The van der Waals surface area contributed by atoms with Gasteiger partial charge in [-0.1, -0.05) is 0 Å². The van der Waals surface area contributed by atoms with Crippen LogP contribution in [-0.4, -0.2) is 19.6 Å². The SMILES string of the molecule is CC(CCCC#N)(n1cccn1)n1cccn1. The molecule has 0 N–H and O–H groups in total. The molecule has 0 fully saturated rings. The van der Waals surface area contributed by atoms with Crippen molar-refractivity contribution in [3.63, 3.8) is 0 Å². The van der Waals surface area contributed by atoms with Crippen molar-refractivity contribution in [2.24, 2.45) is 0 Å². The van der Waals surface area contributed by atoms with Gasteiger partial charge in [0, 0.05) is 31.2 Å². The van der Waals surface area contributed by atoms with Crippen LogP contribution in [0.15, 0.2) is 36.9 Å². The van der Waals surface area contributed by atoms with E-state index in [-0.39, 0.29) is 5.66 Å². The number of aromatic nitrogens is 4. The van der Waals surface area contributed by atoms with Crippen LogP contribution in [0.3, 0.4) is 0 Å². The van der Waals surface area contributed by atoms with Crippen molar-refractivity contribution < 1.29 is 0 Å². The van der Waals surface area contributed by atoms with Gasteiger partial charge in [-0.3, -0.25) is 0 Å². The van der Waals surface area contributed by atoms with Gasteiger partial charge in [0.05, 0.1) is 6.07 Å². The molecule has 0 aromatic carbocycles. The predicted octanol–water partition coefficient (Wildman–Crippen LogP) is 1.99. The molecule has 0 atom stereocenters. The Morgan fingerprint density at radius 3 is 2.18 bits per heavy atom. The molecule has 0 aliphatic rings. The maximum Gasteiger partial charge on any atom is 0.151 e. The summed E-state index contributed by atoms with van der Waals surface area (Å²) in [4.78, 5) is 0. The molecule has 0 aliphatic carbocycles. The van der Waals surface area contributed by atoms with E-state index in [4.69, 9.17) is 5.26 Å². The summed E-state index contributed by atoms with van der Waals surface area (Å²) in [5, 5.41) is 17.2. The lowest BCUT2D eigenvalue weighted by Crippen LogP contribution is -2.39. The second-order valence-corrected chi connectivity index (χ2v) is 4.13. The number of nitrogens with zero attached hydrogens (tertiary/aromatic N) is 5. The van der Waals surface area contributed by atoms with Gasteiger partial charge in [-0.05, 0) is 31.9 Å². The number of unbranched alkanes of at least 4 members (excludes halogenated alkanes) is 1. The van der Waals surface area contributed by atoms with Gasteiger partial charge in [-0.25, -0.2) is 9.36 Å². The highest BCUT2D eigenvalue weighted by Gasteiger charge is 2.28. The lowest BCUT2D eigenvalue weighted by Gasteiger charge is -2.30. The average molecular weight is 229 g/mol. The molecule has 2 heterocycles. The van der Waals surface area contributed by atoms with Crippen molar-refractivity contribution in [2.45, 2.75) is 31.8 Å². The molecule has 5 nitrogen and oxygen atoms in total. The molecule has 0 saturated carbocycles. The van der Waals surface area contributed by atoms with Gasteiger partial charge in [0.25, 0.3) is 0 Å². The summed E-state index contributed by atoms with van der Waals surface area (Å²) in [6.45, 7) is 2.07. The zero-order valence-corrected chi connectivity index (χ0v) is 9.82. The van der Waals surface area contributed by atoms with E-state index in [2.05, 4.69) is 23.2 Å². The normalized spacial score (nSPS) is 11.3. The average Bonchev–Trinajstić information content (AvgIpc) is 3.02. The third kappa shape index (κ3) is 2.21. The van der Waals surface area contributed by atoms with Gasteiger partial charge >= 0.3 is 0 Å². The summed E-state index contributed by atoms with van der Waals surface area (Å²) in [5.41, 5.74) is -0.343. The highest BCUT2D eigenvalue weighted by Crippen LogP contribution is 2.23. The first kappa shape index (κ1) is 11.4. The fraction of sp³-hybridized carbons (Fsp3) is 0.417.